The number of ether oxygens (including phenoxy) is 3. The Kier molecular flexibility index (Phi) is 8.28. The maximum Gasteiger partial charge on any atom is 0.293 e. The molecule has 0 unspecified atom stereocenters. The molecule has 2 amide bonds. The first kappa shape index (κ1) is 23.2. The lowest BCUT2D eigenvalue weighted by Crippen LogP contribution is -2.32. The summed E-state index contributed by atoms with van der Waals surface area (Å²) >= 11 is 5.36. The molecule has 0 radical (unpaired) electrons. The van der Waals surface area contributed by atoms with Gasteiger partial charge in [0.1, 0.15) is 12.4 Å². The molecule has 0 aliphatic carbocycles. The number of halogens is 2. The van der Waals surface area contributed by atoms with Gasteiger partial charge in [-0.05, 0) is 94.2 Å². The Hall–Kier alpha value is -1.47. The molecule has 30 heavy (non-hydrogen) atoms. The van der Waals surface area contributed by atoms with E-state index >= 15 is 0 Å². The molecule has 1 saturated heterocycles. The molecule has 1 aliphatic heterocycles. The molecule has 0 saturated carbocycles. The van der Waals surface area contributed by atoms with E-state index < -0.39 is 0 Å². The van der Waals surface area contributed by atoms with Crippen LogP contribution in [0.2, 0.25) is 0 Å². The number of amides is 2. The maximum atomic E-state index is 12.8. The summed E-state index contributed by atoms with van der Waals surface area (Å²) in [7, 11) is 1.56. The van der Waals surface area contributed by atoms with Gasteiger partial charge >= 0.3 is 0 Å². The highest BCUT2D eigenvalue weighted by molar-refractivity contribution is 14.1. The Bertz CT molecular complexity index is 995. The topological polar surface area (TPSA) is 65.1 Å². The SMILES string of the molecule is CCOc1c(I)cc(I)cc1/C=C1\SC(=O)N(CCOc2ccccc2OC)C1=O. The number of nitrogens with zero attached hydrogens (tertiary/aromatic N) is 1. The molecule has 2 aromatic carbocycles. The number of benzene rings is 2. The second kappa shape index (κ2) is 10.7. The largest absolute Gasteiger partial charge is 0.493 e. The zero-order valence-electron chi connectivity index (χ0n) is 16.3. The van der Waals surface area contributed by atoms with E-state index in [0.717, 1.165) is 24.5 Å². The van der Waals surface area contributed by atoms with Crippen molar-refractivity contribution in [2.24, 2.45) is 0 Å². The van der Waals surface area contributed by atoms with Crippen LogP contribution in [-0.2, 0) is 4.79 Å². The molecule has 9 heteroatoms. The summed E-state index contributed by atoms with van der Waals surface area (Å²) in [6.07, 6.45) is 1.72. The lowest BCUT2D eigenvalue weighted by Gasteiger charge is -2.14. The molecule has 2 aromatic rings. The quantitative estimate of drug-likeness (QED) is 0.281. The van der Waals surface area contributed by atoms with Crippen molar-refractivity contribution < 1.29 is 23.8 Å². The van der Waals surface area contributed by atoms with Gasteiger partial charge in [0, 0.05) is 9.13 Å². The molecule has 0 spiro atoms. The number of hydrogen-bond donors (Lipinski definition) is 0. The number of thioether (sulfide) groups is 1. The fraction of sp³-hybridized carbons (Fsp3) is 0.238. The van der Waals surface area contributed by atoms with Crippen molar-refractivity contribution in [3.63, 3.8) is 0 Å². The monoisotopic (exact) mass is 651 g/mol. The average Bonchev–Trinajstić information content (AvgIpc) is 2.98. The molecule has 0 aromatic heterocycles. The standard InChI is InChI=1S/C21H19I2NO5S/c1-3-28-19-13(10-14(22)12-15(19)23)11-18-20(25)24(21(26)30-18)8-9-29-17-7-5-4-6-16(17)27-2/h4-7,10-12H,3,8-9H2,1-2H3/b18-11-. The number of rotatable bonds is 8. The van der Waals surface area contributed by atoms with Crippen molar-refractivity contribution in [1.82, 2.24) is 4.90 Å². The number of carbonyl (C=O) groups excluding carboxylic acids is 2. The highest BCUT2D eigenvalue weighted by Crippen LogP contribution is 2.36. The van der Waals surface area contributed by atoms with Crippen LogP contribution in [-0.4, -0.2) is 42.9 Å². The van der Waals surface area contributed by atoms with Gasteiger partial charge in [0.15, 0.2) is 11.5 Å². The van der Waals surface area contributed by atoms with Crippen molar-refractivity contribution in [1.29, 1.82) is 0 Å². The van der Waals surface area contributed by atoms with Crippen LogP contribution in [0.4, 0.5) is 4.79 Å². The smallest absolute Gasteiger partial charge is 0.293 e. The van der Waals surface area contributed by atoms with Gasteiger partial charge in [-0.25, -0.2) is 0 Å². The Labute approximate surface area is 206 Å². The summed E-state index contributed by atoms with van der Waals surface area (Å²) in [6, 6.07) is 11.2. The molecule has 0 N–H and O–H groups in total. The van der Waals surface area contributed by atoms with Gasteiger partial charge in [-0.1, -0.05) is 12.1 Å². The predicted molar refractivity (Wildman–Crippen MR) is 134 cm³/mol. The predicted octanol–water partition coefficient (Wildman–Crippen LogP) is 5.42. The van der Waals surface area contributed by atoms with E-state index in [9.17, 15) is 9.59 Å². The van der Waals surface area contributed by atoms with Crippen LogP contribution in [0, 0.1) is 7.14 Å². The molecule has 0 atom stereocenters. The first-order valence-corrected chi connectivity index (χ1v) is 12.0. The average molecular weight is 651 g/mol. The fourth-order valence-corrected chi connectivity index (χ4v) is 5.70. The molecule has 1 fully saturated rings. The van der Waals surface area contributed by atoms with E-state index in [0.29, 0.717) is 28.8 Å². The highest BCUT2D eigenvalue weighted by atomic mass is 127. The van der Waals surface area contributed by atoms with Crippen molar-refractivity contribution in [3.8, 4) is 17.2 Å². The van der Waals surface area contributed by atoms with Crippen LogP contribution in [0.25, 0.3) is 6.08 Å². The van der Waals surface area contributed by atoms with Gasteiger partial charge in [-0.15, -0.1) is 0 Å². The molecule has 0 bridgehead atoms. The molecular weight excluding hydrogens is 632 g/mol. The fourth-order valence-electron chi connectivity index (χ4n) is 2.80. The maximum absolute atomic E-state index is 12.8. The van der Waals surface area contributed by atoms with Crippen LogP contribution >= 0.6 is 56.9 Å². The van der Waals surface area contributed by atoms with Crippen molar-refractivity contribution >= 4 is 74.2 Å². The lowest BCUT2D eigenvalue weighted by molar-refractivity contribution is -0.123. The Morgan fingerprint density at radius 2 is 1.83 bits per heavy atom. The second-order valence-corrected chi connectivity index (χ2v) is 9.47. The zero-order chi connectivity index (χ0) is 21.7. The summed E-state index contributed by atoms with van der Waals surface area (Å²) in [5, 5.41) is -0.312. The van der Waals surface area contributed by atoms with E-state index in [-0.39, 0.29) is 24.3 Å². The van der Waals surface area contributed by atoms with Crippen molar-refractivity contribution in [2.75, 3.05) is 26.9 Å². The lowest BCUT2D eigenvalue weighted by atomic mass is 10.2. The zero-order valence-corrected chi connectivity index (χ0v) is 21.4. The van der Waals surface area contributed by atoms with Crippen LogP contribution < -0.4 is 14.2 Å². The van der Waals surface area contributed by atoms with Gasteiger partial charge in [0.25, 0.3) is 11.1 Å². The third-order valence-corrected chi connectivity index (χ3v) is 6.46. The minimum absolute atomic E-state index is 0.155. The molecule has 158 valence electrons. The Morgan fingerprint density at radius 1 is 1.10 bits per heavy atom. The molecule has 3 rings (SSSR count). The third-order valence-electron chi connectivity index (χ3n) is 4.13. The Balaban J connectivity index is 1.73. The van der Waals surface area contributed by atoms with Gasteiger partial charge in [-0.3, -0.25) is 14.5 Å². The van der Waals surface area contributed by atoms with Gasteiger partial charge in [-0.2, -0.15) is 0 Å². The highest BCUT2D eigenvalue weighted by Gasteiger charge is 2.35. The van der Waals surface area contributed by atoms with E-state index in [1.165, 1.54) is 4.90 Å². The first-order valence-electron chi connectivity index (χ1n) is 9.07. The molecule has 1 aliphatic rings. The molecule has 1 heterocycles. The van der Waals surface area contributed by atoms with E-state index in [4.69, 9.17) is 14.2 Å². The van der Waals surface area contributed by atoms with Gasteiger partial charge < -0.3 is 14.2 Å². The van der Waals surface area contributed by atoms with E-state index in [2.05, 4.69) is 45.2 Å². The normalized spacial score (nSPS) is 15.1. The summed E-state index contributed by atoms with van der Waals surface area (Å²) in [5.41, 5.74) is 0.781. The number of carbonyl (C=O) groups is 2. The number of imide groups is 1. The van der Waals surface area contributed by atoms with Gasteiger partial charge in [0.2, 0.25) is 0 Å². The third kappa shape index (κ3) is 5.41. The van der Waals surface area contributed by atoms with Gasteiger partial charge in [0.05, 0.1) is 28.7 Å². The minimum Gasteiger partial charge on any atom is -0.493 e. The summed E-state index contributed by atoms with van der Waals surface area (Å²) in [5.74, 6) is 1.55. The molecular formula is C21H19I2NO5S. The van der Waals surface area contributed by atoms with E-state index in [1.54, 1.807) is 25.3 Å². The number of methoxy groups -OCH3 is 1. The van der Waals surface area contributed by atoms with Crippen molar-refractivity contribution in [2.45, 2.75) is 6.92 Å². The number of para-hydroxylation sites is 2. The van der Waals surface area contributed by atoms with Crippen LogP contribution in [0.5, 0.6) is 17.2 Å². The summed E-state index contributed by atoms with van der Waals surface area (Å²) in [6.45, 7) is 2.76. The van der Waals surface area contributed by atoms with Crippen LogP contribution in [0.1, 0.15) is 12.5 Å². The van der Waals surface area contributed by atoms with Crippen molar-refractivity contribution in [3.05, 3.63) is 54.0 Å². The first-order chi connectivity index (χ1) is 14.4. The molecule has 6 nitrogen and oxygen atoms in total. The second-order valence-electron chi connectivity index (χ2n) is 6.07. The Morgan fingerprint density at radius 3 is 2.53 bits per heavy atom. The number of hydrogen-bond acceptors (Lipinski definition) is 6. The van der Waals surface area contributed by atoms with Crippen LogP contribution in [0.3, 0.4) is 0 Å². The summed E-state index contributed by atoms with van der Waals surface area (Å²) < 4.78 is 18.7. The van der Waals surface area contributed by atoms with E-state index in [1.807, 2.05) is 31.2 Å². The van der Waals surface area contributed by atoms with Crippen LogP contribution in [0.15, 0.2) is 41.3 Å². The minimum atomic E-state index is -0.329. The summed E-state index contributed by atoms with van der Waals surface area (Å²) in [4.78, 5) is 26.8.